The molecule has 96 valence electrons. The van der Waals surface area contributed by atoms with Crippen LogP contribution < -0.4 is 5.32 Å². The number of carbonyl (C=O) groups is 1. The fraction of sp³-hybridized carbons (Fsp3) is 0.154. The average molecular weight is 272 g/mol. The zero-order chi connectivity index (χ0) is 13.2. The summed E-state index contributed by atoms with van der Waals surface area (Å²) in [5.74, 6) is -0.174. The van der Waals surface area contributed by atoms with Crippen molar-refractivity contribution in [2.45, 2.75) is 13.3 Å². The quantitative estimate of drug-likeness (QED) is 0.770. The standard InChI is InChI=1S/C13H12N4OS/c1-2-10-16-17-13(19-10)15-12(18)9-5-3-4-8-6-7-14-11(8)9/h3-7,14H,2H2,1H3,(H,15,17,18). The summed E-state index contributed by atoms with van der Waals surface area (Å²) in [4.78, 5) is 15.3. The van der Waals surface area contributed by atoms with Crippen molar-refractivity contribution in [2.24, 2.45) is 0 Å². The molecule has 0 fully saturated rings. The van der Waals surface area contributed by atoms with Gasteiger partial charge in [0.1, 0.15) is 5.01 Å². The lowest BCUT2D eigenvalue weighted by Gasteiger charge is -2.02. The molecule has 3 aromatic rings. The van der Waals surface area contributed by atoms with Gasteiger partial charge in [-0.2, -0.15) is 0 Å². The monoisotopic (exact) mass is 272 g/mol. The molecule has 2 aromatic heterocycles. The summed E-state index contributed by atoms with van der Waals surface area (Å²) in [6, 6.07) is 7.55. The van der Waals surface area contributed by atoms with Gasteiger partial charge in [-0.25, -0.2) is 0 Å². The smallest absolute Gasteiger partial charge is 0.259 e. The number of anilines is 1. The molecule has 0 saturated heterocycles. The number of aromatic amines is 1. The minimum Gasteiger partial charge on any atom is -0.361 e. The molecule has 0 bridgehead atoms. The third-order valence-electron chi connectivity index (χ3n) is 2.82. The van der Waals surface area contributed by atoms with E-state index in [0.29, 0.717) is 10.7 Å². The van der Waals surface area contributed by atoms with Gasteiger partial charge in [-0.15, -0.1) is 10.2 Å². The summed E-state index contributed by atoms with van der Waals surface area (Å²) in [6.07, 6.45) is 2.64. The van der Waals surface area contributed by atoms with Gasteiger partial charge in [-0.3, -0.25) is 10.1 Å². The highest BCUT2D eigenvalue weighted by Gasteiger charge is 2.13. The molecule has 5 nitrogen and oxygen atoms in total. The number of H-pyrrole nitrogens is 1. The predicted octanol–water partition coefficient (Wildman–Crippen LogP) is 2.83. The van der Waals surface area contributed by atoms with E-state index in [1.165, 1.54) is 11.3 Å². The predicted molar refractivity (Wildman–Crippen MR) is 75.5 cm³/mol. The Labute approximate surface area is 113 Å². The Morgan fingerprint density at radius 1 is 1.37 bits per heavy atom. The number of rotatable bonds is 3. The number of para-hydroxylation sites is 1. The number of amides is 1. The zero-order valence-corrected chi connectivity index (χ0v) is 11.1. The Morgan fingerprint density at radius 2 is 2.26 bits per heavy atom. The van der Waals surface area contributed by atoms with Crippen LogP contribution in [0, 0.1) is 0 Å². The number of nitrogens with zero attached hydrogens (tertiary/aromatic N) is 2. The number of carbonyl (C=O) groups excluding carboxylic acids is 1. The lowest BCUT2D eigenvalue weighted by molar-refractivity contribution is 0.102. The minimum absolute atomic E-state index is 0.174. The van der Waals surface area contributed by atoms with Gasteiger partial charge in [0, 0.05) is 11.6 Å². The molecule has 3 rings (SSSR count). The molecule has 0 saturated carbocycles. The van der Waals surface area contributed by atoms with Crippen molar-refractivity contribution in [1.29, 1.82) is 0 Å². The second kappa shape index (κ2) is 4.81. The third kappa shape index (κ3) is 2.22. The summed E-state index contributed by atoms with van der Waals surface area (Å²) in [6.45, 7) is 2.01. The van der Waals surface area contributed by atoms with E-state index in [4.69, 9.17) is 0 Å². The number of nitrogens with one attached hydrogen (secondary N) is 2. The molecule has 0 aliphatic heterocycles. The minimum atomic E-state index is -0.174. The summed E-state index contributed by atoms with van der Waals surface area (Å²) >= 11 is 1.40. The fourth-order valence-corrected chi connectivity index (χ4v) is 2.56. The van der Waals surface area contributed by atoms with Crippen LogP contribution in [0.2, 0.25) is 0 Å². The molecule has 19 heavy (non-hydrogen) atoms. The van der Waals surface area contributed by atoms with Crippen LogP contribution in [0.15, 0.2) is 30.5 Å². The van der Waals surface area contributed by atoms with E-state index in [9.17, 15) is 4.79 Å². The van der Waals surface area contributed by atoms with Crippen molar-refractivity contribution in [2.75, 3.05) is 5.32 Å². The van der Waals surface area contributed by atoms with Crippen LogP contribution in [0.5, 0.6) is 0 Å². The molecule has 2 heterocycles. The van der Waals surface area contributed by atoms with Crippen LogP contribution in [-0.4, -0.2) is 21.1 Å². The van der Waals surface area contributed by atoms with Crippen LogP contribution in [0.4, 0.5) is 5.13 Å². The van der Waals surface area contributed by atoms with E-state index in [1.807, 2.05) is 31.3 Å². The molecule has 0 radical (unpaired) electrons. The van der Waals surface area contributed by atoms with Crippen LogP contribution in [-0.2, 0) is 6.42 Å². The van der Waals surface area contributed by atoms with Crippen molar-refractivity contribution < 1.29 is 4.79 Å². The van der Waals surface area contributed by atoms with Crippen molar-refractivity contribution >= 4 is 33.3 Å². The molecule has 0 spiro atoms. The van der Waals surface area contributed by atoms with Gasteiger partial charge in [0.25, 0.3) is 5.91 Å². The summed E-state index contributed by atoms with van der Waals surface area (Å²) in [5.41, 5.74) is 1.44. The summed E-state index contributed by atoms with van der Waals surface area (Å²) < 4.78 is 0. The van der Waals surface area contributed by atoms with Gasteiger partial charge in [-0.1, -0.05) is 30.4 Å². The fourth-order valence-electron chi connectivity index (χ4n) is 1.89. The lowest BCUT2D eigenvalue weighted by Crippen LogP contribution is -2.12. The molecule has 6 heteroatoms. The molecule has 0 aliphatic rings. The highest BCUT2D eigenvalue weighted by atomic mass is 32.1. The Balaban J connectivity index is 1.89. The normalized spacial score (nSPS) is 10.8. The molecule has 0 unspecified atom stereocenters. The highest BCUT2D eigenvalue weighted by Crippen LogP contribution is 2.20. The van der Waals surface area contributed by atoms with Crippen LogP contribution in [0.1, 0.15) is 22.3 Å². The van der Waals surface area contributed by atoms with E-state index in [-0.39, 0.29) is 5.91 Å². The molecule has 2 N–H and O–H groups in total. The number of hydrogen-bond acceptors (Lipinski definition) is 4. The topological polar surface area (TPSA) is 70.7 Å². The van der Waals surface area contributed by atoms with Crippen molar-refractivity contribution in [3.63, 3.8) is 0 Å². The van der Waals surface area contributed by atoms with E-state index >= 15 is 0 Å². The van der Waals surface area contributed by atoms with Gasteiger partial charge in [0.2, 0.25) is 5.13 Å². The SMILES string of the molecule is CCc1nnc(NC(=O)c2cccc3cc[nH]c23)s1. The first-order chi connectivity index (χ1) is 9.28. The van der Waals surface area contributed by atoms with Gasteiger partial charge >= 0.3 is 0 Å². The molecule has 0 aliphatic carbocycles. The molecular formula is C13H12N4OS. The summed E-state index contributed by atoms with van der Waals surface area (Å²) in [7, 11) is 0. The van der Waals surface area contributed by atoms with Crippen LogP contribution in [0.3, 0.4) is 0 Å². The van der Waals surface area contributed by atoms with Gasteiger partial charge in [0.15, 0.2) is 0 Å². The average Bonchev–Trinajstić information content (AvgIpc) is 3.05. The van der Waals surface area contributed by atoms with Gasteiger partial charge in [-0.05, 0) is 18.6 Å². The Morgan fingerprint density at radius 3 is 3.05 bits per heavy atom. The third-order valence-corrected chi connectivity index (χ3v) is 3.80. The number of aromatic nitrogens is 3. The molecular weight excluding hydrogens is 260 g/mol. The van der Waals surface area contributed by atoms with Crippen molar-refractivity contribution in [3.8, 4) is 0 Å². The Kier molecular flexibility index (Phi) is 3.00. The second-order valence-corrected chi connectivity index (χ2v) is 5.12. The lowest BCUT2D eigenvalue weighted by atomic mass is 10.1. The van der Waals surface area contributed by atoms with E-state index in [1.54, 1.807) is 6.07 Å². The van der Waals surface area contributed by atoms with E-state index < -0.39 is 0 Å². The Hall–Kier alpha value is -2.21. The van der Waals surface area contributed by atoms with Crippen LogP contribution >= 0.6 is 11.3 Å². The summed E-state index contributed by atoms with van der Waals surface area (Å²) in [5, 5.41) is 13.2. The van der Waals surface area contributed by atoms with Crippen molar-refractivity contribution in [1.82, 2.24) is 15.2 Å². The Bertz CT molecular complexity index is 731. The first-order valence-corrected chi connectivity index (χ1v) is 6.79. The number of fused-ring (bicyclic) bond motifs is 1. The highest BCUT2D eigenvalue weighted by molar-refractivity contribution is 7.15. The molecule has 0 atom stereocenters. The second-order valence-electron chi connectivity index (χ2n) is 4.06. The van der Waals surface area contributed by atoms with Crippen LogP contribution in [0.25, 0.3) is 10.9 Å². The van der Waals surface area contributed by atoms with Gasteiger partial charge < -0.3 is 4.98 Å². The van der Waals surface area contributed by atoms with E-state index in [0.717, 1.165) is 22.3 Å². The largest absolute Gasteiger partial charge is 0.361 e. The number of hydrogen-bond donors (Lipinski definition) is 2. The van der Waals surface area contributed by atoms with Crippen molar-refractivity contribution in [3.05, 3.63) is 41.0 Å². The maximum Gasteiger partial charge on any atom is 0.259 e. The van der Waals surface area contributed by atoms with Gasteiger partial charge in [0.05, 0.1) is 11.1 Å². The maximum absolute atomic E-state index is 12.2. The molecule has 1 amide bonds. The number of aryl methyl sites for hydroxylation is 1. The van der Waals surface area contributed by atoms with E-state index in [2.05, 4.69) is 20.5 Å². The number of benzene rings is 1. The first-order valence-electron chi connectivity index (χ1n) is 5.97. The zero-order valence-electron chi connectivity index (χ0n) is 10.3. The maximum atomic E-state index is 12.2. The first kappa shape index (κ1) is 11.9. The molecule has 1 aromatic carbocycles.